The smallest absolute Gasteiger partial charge is 0.256 e. The second-order valence-electron chi connectivity index (χ2n) is 8.75. The average molecular weight is 447 g/mol. The summed E-state index contributed by atoms with van der Waals surface area (Å²) in [5.41, 5.74) is 7.60. The highest BCUT2D eigenvalue weighted by Crippen LogP contribution is 2.44. The van der Waals surface area contributed by atoms with Crippen LogP contribution < -0.4 is 25.3 Å². The van der Waals surface area contributed by atoms with Gasteiger partial charge in [-0.1, -0.05) is 20.8 Å². The van der Waals surface area contributed by atoms with Crippen molar-refractivity contribution in [2.75, 3.05) is 26.6 Å². The minimum atomic E-state index is -0.521. The van der Waals surface area contributed by atoms with Crippen LogP contribution in [0.5, 0.6) is 17.2 Å². The molecule has 0 radical (unpaired) electrons. The van der Waals surface area contributed by atoms with E-state index >= 15 is 0 Å². The molecule has 1 aliphatic carbocycles. The lowest BCUT2D eigenvalue weighted by Gasteiger charge is -2.33. The molecule has 3 rings (SSSR count). The summed E-state index contributed by atoms with van der Waals surface area (Å²) >= 11 is 1.44. The zero-order valence-corrected chi connectivity index (χ0v) is 19.7. The van der Waals surface area contributed by atoms with Gasteiger partial charge >= 0.3 is 0 Å². The van der Waals surface area contributed by atoms with Crippen molar-refractivity contribution >= 4 is 28.2 Å². The monoisotopic (exact) mass is 446 g/mol. The van der Waals surface area contributed by atoms with Crippen LogP contribution in [0.25, 0.3) is 0 Å². The third kappa shape index (κ3) is 4.49. The maximum atomic E-state index is 13.1. The number of benzene rings is 1. The fourth-order valence-electron chi connectivity index (χ4n) is 4.06. The Hall–Kier alpha value is -2.74. The van der Waals surface area contributed by atoms with Gasteiger partial charge < -0.3 is 25.3 Å². The van der Waals surface area contributed by atoms with Crippen LogP contribution in [-0.2, 0) is 12.8 Å². The number of nitrogens with two attached hydrogens (primary N) is 1. The molecular formula is C23H30N2O5S. The van der Waals surface area contributed by atoms with Gasteiger partial charge in [0.05, 0.1) is 26.9 Å². The molecule has 0 bridgehead atoms. The number of carbonyl (C=O) groups excluding carboxylic acids is 2. The minimum Gasteiger partial charge on any atom is -0.493 e. The van der Waals surface area contributed by atoms with Crippen LogP contribution in [0.4, 0.5) is 5.00 Å². The lowest BCUT2D eigenvalue weighted by molar-refractivity contribution is 0.1000. The van der Waals surface area contributed by atoms with Gasteiger partial charge in [-0.3, -0.25) is 9.59 Å². The van der Waals surface area contributed by atoms with Crippen molar-refractivity contribution in [3.05, 3.63) is 33.7 Å². The molecule has 0 fully saturated rings. The second kappa shape index (κ2) is 8.78. The van der Waals surface area contributed by atoms with Crippen LogP contribution in [0.1, 0.15) is 58.3 Å². The molecule has 2 amide bonds. The van der Waals surface area contributed by atoms with Gasteiger partial charge in [0.15, 0.2) is 11.5 Å². The number of carbonyl (C=O) groups is 2. The van der Waals surface area contributed by atoms with E-state index in [1.807, 2.05) is 0 Å². The van der Waals surface area contributed by atoms with Crippen molar-refractivity contribution in [2.45, 2.75) is 40.0 Å². The molecule has 7 nitrogen and oxygen atoms in total. The van der Waals surface area contributed by atoms with E-state index < -0.39 is 5.91 Å². The number of fused-ring (bicyclic) bond motifs is 1. The maximum absolute atomic E-state index is 13.1. The van der Waals surface area contributed by atoms with Crippen LogP contribution in [-0.4, -0.2) is 33.1 Å². The van der Waals surface area contributed by atoms with Gasteiger partial charge in [-0.25, -0.2) is 0 Å². The highest BCUT2D eigenvalue weighted by atomic mass is 32.1. The lowest BCUT2D eigenvalue weighted by atomic mass is 9.72. The first-order chi connectivity index (χ1) is 14.6. The molecular weight excluding hydrogens is 416 g/mol. The van der Waals surface area contributed by atoms with Gasteiger partial charge in [-0.05, 0) is 48.3 Å². The largest absolute Gasteiger partial charge is 0.493 e. The van der Waals surface area contributed by atoms with E-state index in [0.29, 0.717) is 39.3 Å². The number of hydrogen-bond donors (Lipinski definition) is 2. The quantitative estimate of drug-likeness (QED) is 0.690. The normalized spacial score (nSPS) is 15.7. The Morgan fingerprint density at radius 1 is 1.10 bits per heavy atom. The molecule has 8 heteroatoms. The summed E-state index contributed by atoms with van der Waals surface area (Å²) in [5, 5.41) is 3.38. The van der Waals surface area contributed by atoms with Gasteiger partial charge in [0.25, 0.3) is 11.8 Å². The molecule has 0 unspecified atom stereocenters. The van der Waals surface area contributed by atoms with Gasteiger partial charge in [0.1, 0.15) is 5.00 Å². The number of primary amides is 1. The van der Waals surface area contributed by atoms with E-state index in [0.717, 1.165) is 29.7 Å². The van der Waals surface area contributed by atoms with Gasteiger partial charge in [0.2, 0.25) is 5.75 Å². The Labute approximate surface area is 186 Å². The molecule has 1 atom stereocenters. The standard InChI is InChI=1S/C23H30N2O5S/c1-23(2,3)13-7-8-14-17(11-13)31-22(18(14)20(24)26)25-21(27)12-9-15(28-4)19(30-6)16(10-12)29-5/h9-10,13H,7-8,11H2,1-6H3,(H2,24,26)(H,25,27)/t13-/m1/s1. The number of nitrogens with one attached hydrogen (secondary N) is 1. The lowest BCUT2D eigenvalue weighted by Crippen LogP contribution is -2.27. The molecule has 0 aliphatic heterocycles. The average Bonchev–Trinajstić information content (AvgIpc) is 3.08. The van der Waals surface area contributed by atoms with Crippen molar-refractivity contribution in [2.24, 2.45) is 17.1 Å². The van der Waals surface area contributed by atoms with E-state index in [1.165, 1.54) is 32.7 Å². The van der Waals surface area contributed by atoms with Crippen LogP contribution >= 0.6 is 11.3 Å². The summed E-state index contributed by atoms with van der Waals surface area (Å²) in [4.78, 5) is 26.4. The highest BCUT2D eigenvalue weighted by Gasteiger charge is 2.33. The molecule has 3 N–H and O–H groups in total. The van der Waals surface area contributed by atoms with Crippen molar-refractivity contribution in [1.82, 2.24) is 0 Å². The predicted octanol–water partition coefficient (Wildman–Crippen LogP) is 4.28. The zero-order valence-electron chi connectivity index (χ0n) is 18.9. The topological polar surface area (TPSA) is 99.9 Å². The van der Waals surface area contributed by atoms with Crippen LogP contribution in [0.3, 0.4) is 0 Å². The molecule has 1 aromatic carbocycles. The van der Waals surface area contributed by atoms with Crippen LogP contribution in [0.2, 0.25) is 0 Å². The van der Waals surface area contributed by atoms with E-state index in [9.17, 15) is 9.59 Å². The third-order valence-corrected chi connectivity index (χ3v) is 7.06. The SMILES string of the molecule is COc1cc(C(=O)Nc2sc3c(c2C(N)=O)CC[C@@H](C(C)(C)C)C3)cc(OC)c1OC. The predicted molar refractivity (Wildman–Crippen MR) is 122 cm³/mol. The van der Waals surface area contributed by atoms with E-state index in [-0.39, 0.29) is 11.3 Å². The summed E-state index contributed by atoms with van der Waals surface area (Å²) in [6.45, 7) is 6.70. The van der Waals surface area contributed by atoms with Gasteiger partial charge in [-0.2, -0.15) is 0 Å². The molecule has 1 aliphatic rings. The highest BCUT2D eigenvalue weighted by molar-refractivity contribution is 7.17. The Morgan fingerprint density at radius 3 is 2.19 bits per heavy atom. The van der Waals surface area contributed by atoms with E-state index in [4.69, 9.17) is 19.9 Å². The third-order valence-electron chi connectivity index (χ3n) is 5.89. The number of methoxy groups -OCH3 is 3. The number of rotatable bonds is 6. The molecule has 1 aromatic heterocycles. The molecule has 0 saturated heterocycles. The first kappa shape index (κ1) is 22.9. The Kier molecular flexibility index (Phi) is 6.50. The Bertz CT molecular complexity index is 981. The van der Waals surface area contributed by atoms with Gasteiger partial charge in [-0.15, -0.1) is 11.3 Å². The fourth-order valence-corrected chi connectivity index (χ4v) is 5.39. The van der Waals surface area contributed by atoms with Gasteiger partial charge in [0, 0.05) is 10.4 Å². The maximum Gasteiger partial charge on any atom is 0.256 e. The number of amides is 2. The summed E-state index contributed by atoms with van der Waals surface area (Å²) in [5.74, 6) is 0.762. The first-order valence-electron chi connectivity index (χ1n) is 10.2. The van der Waals surface area contributed by atoms with Crippen molar-refractivity contribution in [3.63, 3.8) is 0 Å². The van der Waals surface area contributed by atoms with Crippen molar-refractivity contribution in [3.8, 4) is 17.2 Å². The number of hydrogen-bond acceptors (Lipinski definition) is 6. The van der Waals surface area contributed by atoms with Crippen molar-refractivity contribution in [1.29, 1.82) is 0 Å². The zero-order chi connectivity index (χ0) is 22.9. The molecule has 168 valence electrons. The van der Waals surface area contributed by atoms with E-state index in [1.54, 1.807) is 12.1 Å². The summed E-state index contributed by atoms with van der Waals surface area (Å²) in [7, 11) is 4.48. The van der Waals surface area contributed by atoms with Crippen molar-refractivity contribution < 1.29 is 23.8 Å². The van der Waals surface area contributed by atoms with E-state index in [2.05, 4.69) is 26.1 Å². The summed E-state index contributed by atoms with van der Waals surface area (Å²) < 4.78 is 16.0. The molecule has 0 saturated carbocycles. The Balaban J connectivity index is 1.96. The number of anilines is 1. The summed E-state index contributed by atoms with van der Waals surface area (Å²) in [6.07, 6.45) is 2.66. The summed E-state index contributed by atoms with van der Waals surface area (Å²) in [6, 6.07) is 3.15. The molecule has 1 heterocycles. The number of thiophene rings is 1. The molecule has 31 heavy (non-hydrogen) atoms. The van der Waals surface area contributed by atoms with Crippen LogP contribution in [0.15, 0.2) is 12.1 Å². The molecule has 2 aromatic rings. The number of ether oxygens (including phenoxy) is 3. The fraction of sp³-hybridized carbons (Fsp3) is 0.478. The first-order valence-corrected chi connectivity index (χ1v) is 11.0. The Morgan fingerprint density at radius 2 is 1.71 bits per heavy atom. The minimum absolute atomic E-state index is 0.175. The second-order valence-corrected chi connectivity index (χ2v) is 9.85. The van der Waals surface area contributed by atoms with Crippen LogP contribution in [0, 0.1) is 11.3 Å². The molecule has 0 spiro atoms.